The number of hydrogen-bond acceptors (Lipinski definition) is 2. The van der Waals surface area contributed by atoms with E-state index in [1.54, 1.807) is 6.08 Å². The van der Waals surface area contributed by atoms with Crippen LogP contribution >= 0.6 is 0 Å². The third kappa shape index (κ3) is 10.8. The van der Waals surface area contributed by atoms with E-state index in [4.69, 9.17) is 0 Å². The van der Waals surface area contributed by atoms with E-state index < -0.39 is 0 Å². The predicted octanol–water partition coefficient (Wildman–Crippen LogP) is 19.1. The number of hydrogen-bond donors (Lipinski definition) is 0. The van der Waals surface area contributed by atoms with Gasteiger partial charge in [-0.25, -0.2) is 0 Å². The molecule has 0 bridgehead atoms. The second-order valence-corrected chi connectivity index (χ2v) is 15.1. The summed E-state index contributed by atoms with van der Waals surface area (Å²) in [6.07, 6.45) is 5.65. The highest BCUT2D eigenvalue weighted by molar-refractivity contribution is 5.84. The Hall–Kier alpha value is -8.20. The summed E-state index contributed by atoms with van der Waals surface area (Å²) in [6.45, 7) is 15.9. The van der Waals surface area contributed by atoms with Crippen LogP contribution in [0.25, 0.3) is 50.1 Å². The Morgan fingerprint density at radius 2 is 0.515 bits per heavy atom. The highest BCUT2D eigenvalue weighted by Crippen LogP contribution is 2.39. The van der Waals surface area contributed by atoms with Crippen LogP contribution < -0.4 is 9.80 Å². The molecule has 0 amide bonds. The van der Waals surface area contributed by atoms with Crippen molar-refractivity contribution in [3.63, 3.8) is 0 Å². The van der Waals surface area contributed by atoms with E-state index >= 15 is 0 Å². The van der Waals surface area contributed by atoms with E-state index in [2.05, 4.69) is 260 Å². The first kappa shape index (κ1) is 45.8. The molecule has 0 N–H and O–H groups in total. The first-order valence-corrected chi connectivity index (χ1v) is 23.0. The van der Waals surface area contributed by atoms with Crippen molar-refractivity contribution in [3.8, 4) is 44.5 Å². The third-order valence-corrected chi connectivity index (χ3v) is 11.3. The zero-order valence-electron chi connectivity index (χ0n) is 38.6. The van der Waals surface area contributed by atoms with Gasteiger partial charge in [0.1, 0.15) is 0 Å². The molecular formula is C64H58N2. The van der Waals surface area contributed by atoms with Gasteiger partial charge in [-0.2, -0.15) is 0 Å². The molecule has 0 fully saturated rings. The molecule has 2 heteroatoms. The summed E-state index contributed by atoms with van der Waals surface area (Å²) in [5.74, 6) is 0. The Morgan fingerprint density at radius 1 is 0.288 bits per heavy atom. The Bertz CT molecular complexity index is 2900. The van der Waals surface area contributed by atoms with Crippen LogP contribution in [0, 0.1) is 0 Å². The standard InChI is InChI=1S/C60H46N2.2C2H6/c1-3-14-45(4-2)48-25-35-58(36-26-48)62(59-37-27-51(28-38-59)47-17-10-6-11-18-47)60-43-33-54(34-44-60)53-31-41-57(42-32-53)61(55-19-12-7-13-20-55)56-39-29-52(30-40-56)50-23-21-49(22-24-50)46-15-8-5-9-16-46;2*1-2/h3-44H,1-2H2;2*1-2H3/b45-14+;;. The first-order chi connectivity index (χ1) is 32.6. The number of rotatable bonds is 13. The fraction of sp³-hybridized carbons (Fsp3) is 0.0625. The van der Waals surface area contributed by atoms with Crippen molar-refractivity contribution in [3.05, 3.63) is 274 Å². The second kappa shape index (κ2) is 22.9. The minimum Gasteiger partial charge on any atom is -0.311 e. The minimum atomic E-state index is 1.03. The van der Waals surface area contributed by atoms with Crippen molar-refractivity contribution in [1.29, 1.82) is 0 Å². The molecule has 0 atom stereocenters. The van der Waals surface area contributed by atoms with Crippen LogP contribution in [-0.4, -0.2) is 0 Å². The number of anilines is 6. The van der Waals surface area contributed by atoms with Gasteiger partial charge in [-0.05, 0) is 128 Å². The highest BCUT2D eigenvalue weighted by atomic mass is 15.1. The average molecular weight is 855 g/mol. The van der Waals surface area contributed by atoms with Crippen molar-refractivity contribution in [2.45, 2.75) is 27.7 Å². The Balaban J connectivity index is 0.00000158. The zero-order valence-corrected chi connectivity index (χ0v) is 38.6. The van der Waals surface area contributed by atoms with Crippen LogP contribution in [0.4, 0.5) is 34.1 Å². The van der Waals surface area contributed by atoms with Gasteiger partial charge in [-0.3, -0.25) is 0 Å². The molecule has 0 unspecified atom stereocenters. The maximum absolute atomic E-state index is 4.01. The number of allylic oxidation sites excluding steroid dienone is 4. The van der Waals surface area contributed by atoms with Gasteiger partial charge in [0.15, 0.2) is 0 Å². The maximum Gasteiger partial charge on any atom is 0.0462 e. The lowest BCUT2D eigenvalue weighted by Crippen LogP contribution is -2.10. The lowest BCUT2D eigenvalue weighted by Gasteiger charge is -2.26. The van der Waals surface area contributed by atoms with Gasteiger partial charge < -0.3 is 9.80 Å². The van der Waals surface area contributed by atoms with Crippen LogP contribution in [0.1, 0.15) is 33.3 Å². The number of para-hydroxylation sites is 1. The molecule has 0 saturated carbocycles. The molecule has 9 rings (SSSR count). The molecule has 0 aliphatic heterocycles. The quantitative estimate of drug-likeness (QED) is 0.107. The molecule has 66 heavy (non-hydrogen) atoms. The molecule has 324 valence electrons. The Morgan fingerprint density at radius 3 is 0.788 bits per heavy atom. The van der Waals surface area contributed by atoms with Crippen molar-refractivity contribution in [1.82, 2.24) is 0 Å². The van der Waals surface area contributed by atoms with Gasteiger partial charge in [0.2, 0.25) is 0 Å². The van der Waals surface area contributed by atoms with E-state index in [1.807, 2.05) is 39.8 Å². The molecule has 0 saturated heterocycles. The van der Waals surface area contributed by atoms with E-state index in [-0.39, 0.29) is 0 Å². The molecule has 0 aliphatic rings. The monoisotopic (exact) mass is 854 g/mol. The van der Waals surface area contributed by atoms with E-state index in [0.717, 1.165) is 56.4 Å². The van der Waals surface area contributed by atoms with Crippen LogP contribution in [0.5, 0.6) is 0 Å². The van der Waals surface area contributed by atoms with Gasteiger partial charge in [0, 0.05) is 34.1 Å². The van der Waals surface area contributed by atoms with Crippen molar-refractivity contribution in [2.24, 2.45) is 0 Å². The average Bonchev–Trinajstić information content (AvgIpc) is 3.41. The SMILES string of the molecule is C=C/C=C(\C=C)c1ccc(N(c2ccc(-c3ccccc3)cc2)c2ccc(-c3ccc(N(c4ccccc4)c4ccc(-c5ccc(-c6ccccc6)cc5)cc4)cc3)cc2)cc1.CC.CC. The first-order valence-electron chi connectivity index (χ1n) is 23.0. The number of nitrogens with zero attached hydrogens (tertiary/aromatic N) is 2. The van der Waals surface area contributed by atoms with Gasteiger partial charge in [-0.15, -0.1) is 0 Å². The Labute approximate surface area is 393 Å². The van der Waals surface area contributed by atoms with Crippen molar-refractivity contribution in [2.75, 3.05) is 9.80 Å². The van der Waals surface area contributed by atoms with E-state index in [1.165, 1.54) is 33.4 Å². The molecular weight excluding hydrogens is 797 g/mol. The molecule has 9 aromatic carbocycles. The third-order valence-electron chi connectivity index (χ3n) is 11.3. The number of benzene rings is 9. The Kier molecular flexibility index (Phi) is 15.9. The van der Waals surface area contributed by atoms with E-state index in [9.17, 15) is 0 Å². The summed E-state index contributed by atoms with van der Waals surface area (Å²) in [6, 6.07) is 84.4. The predicted molar refractivity (Wildman–Crippen MR) is 289 cm³/mol. The lowest BCUT2D eigenvalue weighted by atomic mass is 10.00. The van der Waals surface area contributed by atoms with Crippen LogP contribution in [-0.2, 0) is 0 Å². The second-order valence-electron chi connectivity index (χ2n) is 15.1. The molecule has 0 heterocycles. The highest BCUT2D eigenvalue weighted by Gasteiger charge is 2.16. The molecule has 9 aromatic rings. The summed E-state index contributed by atoms with van der Waals surface area (Å²) in [4.78, 5) is 4.62. The summed E-state index contributed by atoms with van der Waals surface area (Å²) >= 11 is 0. The summed E-state index contributed by atoms with van der Waals surface area (Å²) in [5.41, 5.74) is 18.1. The van der Waals surface area contributed by atoms with Gasteiger partial charge in [0.05, 0.1) is 0 Å². The van der Waals surface area contributed by atoms with Gasteiger partial charge in [0.25, 0.3) is 0 Å². The van der Waals surface area contributed by atoms with Crippen LogP contribution in [0.3, 0.4) is 0 Å². The molecule has 0 radical (unpaired) electrons. The van der Waals surface area contributed by atoms with Gasteiger partial charge in [-0.1, -0.05) is 223 Å². The van der Waals surface area contributed by atoms with Crippen molar-refractivity contribution < 1.29 is 0 Å². The zero-order chi connectivity index (χ0) is 46.1. The molecule has 0 aliphatic carbocycles. The summed E-state index contributed by atoms with van der Waals surface area (Å²) < 4.78 is 0. The maximum atomic E-state index is 4.01. The van der Waals surface area contributed by atoms with Crippen LogP contribution in [0.15, 0.2) is 268 Å². The smallest absolute Gasteiger partial charge is 0.0462 e. The summed E-state index contributed by atoms with van der Waals surface area (Å²) in [5, 5.41) is 0. The molecule has 0 aromatic heterocycles. The lowest BCUT2D eigenvalue weighted by molar-refractivity contribution is 1.28. The largest absolute Gasteiger partial charge is 0.311 e. The molecule has 0 spiro atoms. The van der Waals surface area contributed by atoms with Crippen LogP contribution in [0.2, 0.25) is 0 Å². The summed E-state index contributed by atoms with van der Waals surface area (Å²) in [7, 11) is 0. The topological polar surface area (TPSA) is 6.48 Å². The molecule has 2 nitrogen and oxygen atoms in total. The normalized spacial score (nSPS) is 10.6. The minimum absolute atomic E-state index is 1.03. The fourth-order valence-corrected chi connectivity index (χ4v) is 8.01. The van der Waals surface area contributed by atoms with E-state index in [0.29, 0.717) is 0 Å². The van der Waals surface area contributed by atoms with Crippen molar-refractivity contribution >= 4 is 39.7 Å². The van der Waals surface area contributed by atoms with Gasteiger partial charge >= 0.3 is 0 Å². The fourth-order valence-electron chi connectivity index (χ4n) is 8.01.